The second kappa shape index (κ2) is 4.24. The van der Waals surface area contributed by atoms with Gasteiger partial charge in [0.15, 0.2) is 0 Å². The highest BCUT2D eigenvalue weighted by Crippen LogP contribution is 2.16. The molecule has 0 amide bonds. The average Bonchev–Trinajstić information content (AvgIpc) is 2.74. The summed E-state index contributed by atoms with van der Waals surface area (Å²) in [7, 11) is 0. The Labute approximate surface area is 75.1 Å². The van der Waals surface area contributed by atoms with Crippen molar-refractivity contribution in [1.29, 1.82) is 0 Å². The largest absolute Gasteiger partial charge is 0.314 e. The fourth-order valence-electron chi connectivity index (χ4n) is 2.41. The van der Waals surface area contributed by atoms with E-state index >= 15 is 0 Å². The lowest BCUT2D eigenvalue weighted by molar-refractivity contribution is 0.467. The van der Waals surface area contributed by atoms with E-state index in [1.165, 1.54) is 51.6 Å². The summed E-state index contributed by atoms with van der Waals surface area (Å²) in [4.78, 5) is 0. The third kappa shape index (κ3) is 2.20. The summed E-state index contributed by atoms with van der Waals surface area (Å²) in [5, 5.41) is 7.11. The van der Waals surface area contributed by atoms with Crippen LogP contribution in [0.3, 0.4) is 0 Å². The first-order valence-corrected chi connectivity index (χ1v) is 5.42. The molecule has 2 saturated heterocycles. The van der Waals surface area contributed by atoms with Crippen molar-refractivity contribution in [3.63, 3.8) is 0 Å². The standard InChI is InChI=1S/C10H20N2/c1-3-9(11-7-1)5-6-10-4-2-8-12-10/h9-12H,1-8H2. The number of hydrogen-bond donors (Lipinski definition) is 2. The zero-order valence-corrected chi connectivity index (χ0v) is 7.81. The summed E-state index contributed by atoms with van der Waals surface area (Å²) in [6.45, 7) is 2.51. The van der Waals surface area contributed by atoms with E-state index in [-0.39, 0.29) is 0 Å². The fraction of sp³-hybridized carbons (Fsp3) is 1.00. The summed E-state index contributed by atoms with van der Waals surface area (Å²) in [5.41, 5.74) is 0. The van der Waals surface area contributed by atoms with E-state index in [1.54, 1.807) is 0 Å². The van der Waals surface area contributed by atoms with Crippen LogP contribution in [0, 0.1) is 0 Å². The molecule has 2 rings (SSSR count). The summed E-state index contributed by atoms with van der Waals surface area (Å²) in [6.07, 6.45) is 8.38. The monoisotopic (exact) mass is 168 g/mol. The van der Waals surface area contributed by atoms with Crippen molar-refractivity contribution in [2.24, 2.45) is 0 Å². The van der Waals surface area contributed by atoms with Crippen LogP contribution in [0.2, 0.25) is 0 Å². The number of nitrogens with one attached hydrogen (secondary N) is 2. The second-order valence-electron chi connectivity index (χ2n) is 4.16. The summed E-state index contributed by atoms with van der Waals surface area (Å²) in [5.74, 6) is 0. The van der Waals surface area contributed by atoms with Gasteiger partial charge >= 0.3 is 0 Å². The van der Waals surface area contributed by atoms with Crippen molar-refractivity contribution in [2.75, 3.05) is 13.1 Å². The SMILES string of the molecule is C1CNC(CCC2CCCN2)C1. The molecule has 0 saturated carbocycles. The molecule has 12 heavy (non-hydrogen) atoms. The number of hydrogen-bond acceptors (Lipinski definition) is 2. The molecular weight excluding hydrogens is 148 g/mol. The van der Waals surface area contributed by atoms with Gasteiger partial charge in [0.05, 0.1) is 0 Å². The molecule has 0 bridgehead atoms. The Bertz CT molecular complexity index is 108. The second-order valence-corrected chi connectivity index (χ2v) is 4.16. The van der Waals surface area contributed by atoms with E-state index in [1.807, 2.05) is 0 Å². The first-order chi connectivity index (χ1) is 5.95. The highest BCUT2D eigenvalue weighted by molar-refractivity contribution is 4.79. The molecule has 2 fully saturated rings. The maximum absolute atomic E-state index is 3.55. The van der Waals surface area contributed by atoms with Gasteiger partial charge in [0.1, 0.15) is 0 Å². The molecule has 2 N–H and O–H groups in total. The predicted octanol–water partition coefficient (Wildman–Crippen LogP) is 1.27. The van der Waals surface area contributed by atoms with Crippen LogP contribution in [0.1, 0.15) is 38.5 Å². The Morgan fingerprint density at radius 2 is 1.33 bits per heavy atom. The smallest absolute Gasteiger partial charge is 0.00681 e. The molecule has 2 unspecified atom stereocenters. The van der Waals surface area contributed by atoms with Crippen LogP contribution < -0.4 is 10.6 Å². The van der Waals surface area contributed by atoms with Crippen molar-refractivity contribution in [3.8, 4) is 0 Å². The van der Waals surface area contributed by atoms with Crippen molar-refractivity contribution < 1.29 is 0 Å². The number of rotatable bonds is 3. The lowest BCUT2D eigenvalue weighted by Gasteiger charge is -2.13. The van der Waals surface area contributed by atoms with Gasteiger partial charge < -0.3 is 10.6 Å². The molecule has 0 radical (unpaired) electrons. The minimum atomic E-state index is 0.840. The highest BCUT2D eigenvalue weighted by atomic mass is 15.0. The van der Waals surface area contributed by atoms with Gasteiger partial charge in [0, 0.05) is 12.1 Å². The Hall–Kier alpha value is -0.0800. The molecule has 0 spiro atoms. The average molecular weight is 168 g/mol. The van der Waals surface area contributed by atoms with Crippen molar-refractivity contribution >= 4 is 0 Å². The topological polar surface area (TPSA) is 24.1 Å². The molecule has 70 valence electrons. The molecule has 2 aliphatic rings. The molecule has 0 aliphatic carbocycles. The normalized spacial score (nSPS) is 36.0. The summed E-state index contributed by atoms with van der Waals surface area (Å²) in [6, 6.07) is 1.68. The first kappa shape index (κ1) is 8.52. The highest BCUT2D eigenvalue weighted by Gasteiger charge is 2.18. The minimum absolute atomic E-state index is 0.840. The van der Waals surface area contributed by atoms with E-state index < -0.39 is 0 Å². The molecular formula is C10H20N2. The fourth-order valence-corrected chi connectivity index (χ4v) is 2.41. The van der Waals surface area contributed by atoms with Crippen LogP contribution in [-0.4, -0.2) is 25.2 Å². The van der Waals surface area contributed by atoms with E-state index in [4.69, 9.17) is 0 Å². The van der Waals surface area contributed by atoms with Crippen molar-refractivity contribution in [1.82, 2.24) is 10.6 Å². The van der Waals surface area contributed by atoms with Gasteiger partial charge in [-0.25, -0.2) is 0 Å². The molecule has 2 heterocycles. The Balaban J connectivity index is 1.60. The van der Waals surface area contributed by atoms with Crippen LogP contribution in [0.25, 0.3) is 0 Å². The van der Waals surface area contributed by atoms with E-state index in [9.17, 15) is 0 Å². The molecule has 2 atom stereocenters. The van der Waals surface area contributed by atoms with E-state index in [2.05, 4.69) is 10.6 Å². The van der Waals surface area contributed by atoms with Crippen LogP contribution >= 0.6 is 0 Å². The lowest BCUT2D eigenvalue weighted by atomic mass is 10.0. The molecule has 0 aromatic carbocycles. The van der Waals surface area contributed by atoms with E-state index in [0.717, 1.165) is 12.1 Å². The Morgan fingerprint density at radius 3 is 1.67 bits per heavy atom. The van der Waals surface area contributed by atoms with E-state index in [0.29, 0.717) is 0 Å². The maximum atomic E-state index is 3.55. The Kier molecular flexibility index (Phi) is 3.01. The van der Waals surface area contributed by atoms with Crippen molar-refractivity contribution in [3.05, 3.63) is 0 Å². The molecule has 0 aromatic rings. The van der Waals surface area contributed by atoms with Gasteiger partial charge in [-0.1, -0.05) is 0 Å². The summed E-state index contributed by atoms with van der Waals surface area (Å²) < 4.78 is 0. The van der Waals surface area contributed by atoms with Gasteiger partial charge in [0.25, 0.3) is 0 Å². The summed E-state index contributed by atoms with van der Waals surface area (Å²) >= 11 is 0. The van der Waals surface area contributed by atoms with Crippen molar-refractivity contribution in [2.45, 2.75) is 50.6 Å². The predicted molar refractivity (Wildman–Crippen MR) is 51.3 cm³/mol. The van der Waals surface area contributed by atoms with Crippen LogP contribution in [-0.2, 0) is 0 Å². The third-order valence-electron chi connectivity index (χ3n) is 3.19. The third-order valence-corrected chi connectivity index (χ3v) is 3.19. The van der Waals surface area contributed by atoms with Gasteiger partial charge in [-0.05, 0) is 51.6 Å². The maximum Gasteiger partial charge on any atom is 0.00681 e. The Morgan fingerprint density at radius 1 is 0.833 bits per heavy atom. The first-order valence-electron chi connectivity index (χ1n) is 5.42. The van der Waals surface area contributed by atoms with Gasteiger partial charge in [0.2, 0.25) is 0 Å². The molecule has 0 aromatic heterocycles. The van der Waals surface area contributed by atoms with Gasteiger partial charge in [-0.15, -0.1) is 0 Å². The van der Waals surface area contributed by atoms with Crippen LogP contribution in [0.5, 0.6) is 0 Å². The van der Waals surface area contributed by atoms with Gasteiger partial charge in [-0.3, -0.25) is 0 Å². The quantitative estimate of drug-likeness (QED) is 0.663. The van der Waals surface area contributed by atoms with Crippen LogP contribution in [0.15, 0.2) is 0 Å². The minimum Gasteiger partial charge on any atom is -0.314 e. The zero-order valence-electron chi connectivity index (χ0n) is 7.81. The lowest BCUT2D eigenvalue weighted by Crippen LogP contribution is -2.26. The van der Waals surface area contributed by atoms with Crippen LogP contribution in [0.4, 0.5) is 0 Å². The molecule has 2 aliphatic heterocycles. The molecule has 2 nitrogen and oxygen atoms in total. The zero-order chi connectivity index (χ0) is 8.23. The molecule has 2 heteroatoms. The van der Waals surface area contributed by atoms with Gasteiger partial charge in [-0.2, -0.15) is 0 Å².